The molecule has 0 aromatic carbocycles. The first kappa shape index (κ1) is 4.41. The standard InChI is InChI=1S/C4H7N/c1-3-5-4-2/h3-4H,1H2,2H3/b5-4+. The Hall–Kier alpha value is -0.590. The second-order valence-electron chi connectivity index (χ2n) is 0.590. The van der Waals surface area contributed by atoms with Gasteiger partial charge in [-0.3, -0.25) is 4.99 Å². The van der Waals surface area contributed by atoms with Gasteiger partial charge in [0.2, 0.25) is 0 Å². The summed E-state index contributed by atoms with van der Waals surface area (Å²) in [7, 11) is 0. The zero-order chi connectivity index (χ0) is 4.12. The third-order valence-electron chi connectivity index (χ3n) is 0.254. The molecule has 0 radical (unpaired) electrons. The molecule has 0 rings (SSSR count). The summed E-state index contributed by atoms with van der Waals surface area (Å²) < 4.78 is 0. The van der Waals surface area contributed by atoms with E-state index in [1.165, 1.54) is 6.20 Å². The Morgan fingerprint density at radius 1 is 1.80 bits per heavy atom. The van der Waals surface area contributed by atoms with Crippen molar-refractivity contribution in [2.24, 2.45) is 4.99 Å². The van der Waals surface area contributed by atoms with Crippen molar-refractivity contribution in [3.05, 3.63) is 12.8 Å². The van der Waals surface area contributed by atoms with Crippen molar-refractivity contribution in [3.63, 3.8) is 0 Å². The Labute approximate surface area is 32.0 Å². The van der Waals surface area contributed by atoms with Gasteiger partial charge in [-0.1, -0.05) is 6.58 Å². The van der Waals surface area contributed by atoms with E-state index < -0.39 is 0 Å². The highest BCUT2D eigenvalue weighted by Gasteiger charge is 1.40. The molecule has 0 atom stereocenters. The van der Waals surface area contributed by atoms with Gasteiger partial charge in [-0.05, 0) is 6.92 Å². The molecule has 0 heterocycles. The van der Waals surface area contributed by atoms with E-state index in [0.717, 1.165) is 0 Å². The highest BCUT2D eigenvalue weighted by Crippen LogP contribution is 1.57. The van der Waals surface area contributed by atoms with Gasteiger partial charge in [-0.25, -0.2) is 0 Å². The third kappa shape index (κ3) is 3.41. The first-order valence-electron chi connectivity index (χ1n) is 1.50. The van der Waals surface area contributed by atoms with Crippen LogP contribution in [0.3, 0.4) is 0 Å². The van der Waals surface area contributed by atoms with Crippen molar-refractivity contribution < 1.29 is 0 Å². The van der Waals surface area contributed by atoms with Gasteiger partial charge < -0.3 is 0 Å². The second kappa shape index (κ2) is 3.41. The van der Waals surface area contributed by atoms with Crippen molar-refractivity contribution in [1.82, 2.24) is 0 Å². The zero-order valence-corrected chi connectivity index (χ0v) is 3.31. The molecular formula is C4H7N. The molecule has 0 fully saturated rings. The van der Waals surface area contributed by atoms with Crippen LogP contribution in [0.1, 0.15) is 6.92 Å². The first-order chi connectivity index (χ1) is 2.41. The minimum Gasteiger partial charge on any atom is -0.270 e. The lowest BCUT2D eigenvalue weighted by atomic mass is 10.9. The van der Waals surface area contributed by atoms with Crippen molar-refractivity contribution >= 4 is 6.21 Å². The van der Waals surface area contributed by atoms with Crippen LogP contribution in [-0.2, 0) is 0 Å². The van der Waals surface area contributed by atoms with Crippen LogP contribution >= 0.6 is 0 Å². The van der Waals surface area contributed by atoms with Gasteiger partial charge in [0, 0.05) is 12.4 Å². The summed E-state index contributed by atoms with van der Waals surface area (Å²) in [6.45, 7) is 5.20. The number of nitrogens with zero attached hydrogens (tertiary/aromatic N) is 1. The Morgan fingerprint density at radius 2 is 2.40 bits per heavy atom. The molecular weight excluding hydrogens is 62.1 g/mol. The lowest BCUT2D eigenvalue weighted by Gasteiger charge is -1.58. The maximum Gasteiger partial charge on any atom is 0.0191 e. The van der Waals surface area contributed by atoms with Crippen LogP contribution in [0.25, 0.3) is 0 Å². The molecule has 0 unspecified atom stereocenters. The molecule has 0 saturated carbocycles. The summed E-state index contributed by atoms with van der Waals surface area (Å²) in [4.78, 5) is 3.61. The van der Waals surface area contributed by atoms with Gasteiger partial charge in [-0.2, -0.15) is 0 Å². The Kier molecular flexibility index (Phi) is 3.01. The molecule has 0 aliphatic heterocycles. The molecule has 0 aromatic heterocycles. The van der Waals surface area contributed by atoms with Crippen LogP contribution < -0.4 is 0 Å². The predicted octanol–water partition coefficient (Wildman–Crippen LogP) is 1.22. The van der Waals surface area contributed by atoms with Crippen LogP contribution in [0, 0.1) is 0 Å². The van der Waals surface area contributed by atoms with Gasteiger partial charge in [0.05, 0.1) is 0 Å². The normalized spacial score (nSPS) is 9.00. The predicted molar refractivity (Wildman–Crippen MR) is 24.4 cm³/mol. The van der Waals surface area contributed by atoms with E-state index in [9.17, 15) is 0 Å². The molecule has 0 aromatic rings. The van der Waals surface area contributed by atoms with Gasteiger partial charge in [-0.15, -0.1) is 0 Å². The smallest absolute Gasteiger partial charge is 0.0191 e. The van der Waals surface area contributed by atoms with E-state index in [0.29, 0.717) is 0 Å². The summed E-state index contributed by atoms with van der Waals surface area (Å²) in [6.07, 6.45) is 3.19. The highest BCUT2D eigenvalue weighted by atomic mass is 14.6. The van der Waals surface area contributed by atoms with E-state index >= 15 is 0 Å². The molecule has 1 heteroatoms. The molecule has 28 valence electrons. The SMILES string of the molecule is C=C/N=C/C. The molecule has 0 aliphatic rings. The van der Waals surface area contributed by atoms with Crippen molar-refractivity contribution in [2.75, 3.05) is 0 Å². The van der Waals surface area contributed by atoms with E-state index in [4.69, 9.17) is 0 Å². The average Bonchev–Trinajstić information content (AvgIpc) is 1.41. The van der Waals surface area contributed by atoms with Crippen LogP contribution in [0.2, 0.25) is 0 Å². The summed E-state index contributed by atoms with van der Waals surface area (Å²) in [5, 5.41) is 0. The molecule has 0 aliphatic carbocycles. The summed E-state index contributed by atoms with van der Waals surface area (Å²) in [5.41, 5.74) is 0. The fraction of sp³-hybridized carbons (Fsp3) is 0.250. The summed E-state index contributed by atoms with van der Waals surface area (Å²) in [5.74, 6) is 0. The lowest BCUT2D eigenvalue weighted by molar-refractivity contribution is 1.60. The lowest BCUT2D eigenvalue weighted by Crippen LogP contribution is -1.46. The molecule has 0 N–H and O–H groups in total. The number of hydrogen-bond acceptors (Lipinski definition) is 1. The van der Waals surface area contributed by atoms with Crippen molar-refractivity contribution in [2.45, 2.75) is 6.92 Å². The summed E-state index contributed by atoms with van der Waals surface area (Å²) >= 11 is 0. The monoisotopic (exact) mass is 69.1 g/mol. The zero-order valence-electron chi connectivity index (χ0n) is 3.31. The van der Waals surface area contributed by atoms with Gasteiger partial charge in [0.15, 0.2) is 0 Å². The van der Waals surface area contributed by atoms with Crippen molar-refractivity contribution in [1.29, 1.82) is 0 Å². The topological polar surface area (TPSA) is 12.4 Å². The Bertz CT molecular complexity index is 45.6. The number of rotatable bonds is 1. The quantitative estimate of drug-likeness (QED) is 0.410. The first-order valence-corrected chi connectivity index (χ1v) is 1.50. The molecule has 1 nitrogen and oxygen atoms in total. The Morgan fingerprint density at radius 3 is 2.40 bits per heavy atom. The van der Waals surface area contributed by atoms with E-state index in [1.54, 1.807) is 6.21 Å². The van der Waals surface area contributed by atoms with Crippen LogP contribution in [0.4, 0.5) is 0 Å². The molecule has 0 saturated heterocycles. The van der Waals surface area contributed by atoms with E-state index in [-0.39, 0.29) is 0 Å². The van der Waals surface area contributed by atoms with Crippen LogP contribution in [0.5, 0.6) is 0 Å². The summed E-state index contributed by atoms with van der Waals surface area (Å²) in [6, 6.07) is 0. The molecule has 0 amide bonds. The molecule has 0 spiro atoms. The average molecular weight is 69.1 g/mol. The Balaban J connectivity index is 2.92. The molecule has 5 heavy (non-hydrogen) atoms. The van der Waals surface area contributed by atoms with Gasteiger partial charge in [0.25, 0.3) is 0 Å². The van der Waals surface area contributed by atoms with Crippen LogP contribution in [0.15, 0.2) is 17.8 Å². The largest absolute Gasteiger partial charge is 0.270 e. The maximum absolute atomic E-state index is 3.61. The van der Waals surface area contributed by atoms with Crippen LogP contribution in [-0.4, -0.2) is 6.21 Å². The minimum atomic E-state index is 1.50. The minimum absolute atomic E-state index is 1.50. The number of hydrogen-bond donors (Lipinski definition) is 0. The highest BCUT2D eigenvalue weighted by molar-refractivity contribution is 5.53. The van der Waals surface area contributed by atoms with Gasteiger partial charge >= 0.3 is 0 Å². The van der Waals surface area contributed by atoms with Gasteiger partial charge in [0.1, 0.15) is 0 Å². The maximum atomic E-state index is 3.61. The fourth-order valence-electron chi connectivity index (χ4n) is 0.105. The fourth-order valence-corrected chi connectivity index (χ4v) is 0.105. The van der Waals surface area contributed by atoms with E-state index in [1.807, 2.05) is 6.92 Å². The third-order valence-corrected chi connectivity index (χ3v) is 0.254. The second-order valence-corrected chi connectivity index (χ2v) is 0.590. The number of aliphatic imine (C=N–C) groups is 1. The van der Waals surface area contributed by atoms with Crippen molar-refractivity contribution in [3.8, 4) is 0 Å². The van der Waals surface area contributed by atoms with E-state index in [2.05, 4.69) is 11.6 Å². The molecule has 0 bridgehead atoms.